The number of benzene rings is 2. The van der Waals surface area contributed by atoms with Crippen molar-refractivity contribution in [3.8, 4) is 11.1 Å². The summed E-state index contributed by atoms with van der Waals surface area (Å²) in [6.45, 7) is 4.17. The van der Waals surface area contributed by atoms with Crippen molar-refractivity contribution in [2.45, 2.75) is 6.42 Å². The molecule has 3 heteroatoms. The normalized spacial score (nSPS) is 17.5. The van der Waals surface area contributed by atoms with E-state index in [1.807, 2.05) is 42.5 Å². The maximum absolute atomic E-state index is 12.5. The van der Waals surface area contributed by atoms with Crippen LogP contribution < -0.4 is 0 Å². The summed E-state index contributed by atoms with van der Waals surface area (Å²) >= 11 is 0. The number of hydrogen-bond donors (Lipinski definition) is 0. The maximum atomic E-state index is 12.5. The van der Waals surface area contributed by atoms with Gasteiger partial charge in [-0.3, -0.25) is 9.59 Å². The molecule has 3 rings (SSSR count). The van der Waals surface area contributed by atoms with E-state index in [2.05, 4.69) is 6.58 Å². The highest BCUT2D eigenvalue weighted by atomic mass is 16.2. The van der Waals surface area contributed by atoms with Gasteiger partial charge in [0.1, 0.15) is 5.92 Å². The highest BCUT2D eigenvalue weighted by Crippen LogP contribution is 2.24. The van der Waals surface area contributed by atoms with E-state index in [0.717, 1.165) is 11.1 Å². The van der Waals surface area contributed by atoms with Crippen LogP contribution in [-0.4, -0.2) is 23.1 Å². The summed E-state index contributed by atoms with van der Waals surface area (Å²) in [5.74, 6) is -0.818. The fourth-order valence-electron chi connectivity index (χ4n) is 2.79. The van der Waals surface area contributed by atoms with Gasteiger partial charge < -0.3 is 4.90 Å². The third-order valence-corrected chi connectivity index (χ3v) is 4.05. The van der Waals surface area contributed by atoms with Crippen molar-refractivity contribution in [1.29, 1.82) is 0 Å². The maximum Gasteiger partial charge on any atom is 0.237 e. The summed E-state index contributed by atoms with van der Waals surface area (Å²) in [5.41, 5.74) is 2.75. The Morgan fingerprint density at radius 1 is 1.05 bits per heavy atom. The van der Waals surface area contributed by atoms with Gasteiger partial charge >= 0.3 is 0 Å². The van der Waals surface area contributed by atoms with E-state index in [1.165, 1.54) is 11.1 Å². The minimum absolute atomic E-state index is 0.103. The van der Waals surface area contributed by atoms with E-state index < -0.39 is 5.92 Å². The largest absolute Gasteiger partial charge is 0.319 e. The van der Waals surface area contributed by atoms with Gasteiger partial charge in [-0.25, -0.2) is 0 Å². The van der Waals surface area contributed by atoms with Crippen LogP contribution in [0.3, 0.4) is 0 Å². The van der Waals surface area contributed by atoms with Crippen LogP contribution in [0.5, 0.6) is 0 Å². The highest BCUT2D eigenvalue weighted by molar-refractivity contribution is 6.11. The molecule has 1 atom stereocenters. The number of carbonyl (C=O) groups excluding carboxylic acids is 2. The second-order valence-electron chi connectivity index (χ2n) is 5.36. The van der Waals surface area contributed by atoms with Crippen molar-refractivity contribution in [2.75, 3.05) is 6.54 Å². The standard InChI is InChI=1S/C19H17NO2/c1-2-20-13-12-17(19(20)22)18(21)16-10-8-15(9-11-16)14-6-4-3-5-7-14/h2-11,17H,1,12-13H2. The molecule has 1 aliphatic heterocycles. The van der Waals surface area contributed by atoms with Crippen molar-refractivity contribution >= 4 is 11.7 Å². The zero-order valence-corrected chi connectivity index (χ0v) is 12.2. The molecule has 110 valence electrons. The third kappa shape index (κ3) is 2.58. The molecule has 0 saturated carbocycles. The topological polar surface area (TPSA) is 37.4 Å². The molecular weight excluding hydrogens is 274 g/mol. The van der Waals surface area contributed by atoms with E-state index >= 15 is 0 Å². The van der Waals surface area contributed by atoms with Gasteiger partial charge in [0.2, 0.25) is 5.91 Å². The SMILES string of the molecule is C=CN1CCC(C(=O)c2ccc(-c3ccccc3)cc2)C1=O. The van der Waals surface area contributed by atoms with Crippen molar-refractivity contribution < 1.29 is 9.59 Å². The summed E-state index contributed by atoms with van der Waals surface area (Å²) in [4.78, 5) is 26.1. The number of likely N-dealkylation sites (tertiary alicyclic amines) is 1. The Labute approximate surface area is 129 Å². The molecule has 1 aliphatic rings. The average molecular weight is 291 g/mol. The van der Waals surface area contributed by atoms with Crippen LogP contribution in [0.2, 0.25) is 0 Å². The second-order valence-corrected chi connectivity index (χ2v) is 5.36. The molecule has 1 saturated heterocycles. The summed E-state index contributed by atoms with van der Waals surface area (Å²) < 4.78 is 0. The Bertz CT molecular complexity index is 704. The van der Waals surface area contributed by atoms with E-state index in [0.29, 0.717) is 18.5 Å². The first-order valence-electron chi connectivity index (χ1n) is 7.33. The molecule has 3 nitrogen and oxygen atoms in total. The van der Waals surface area contributed by atoms with Crippen molar-refractivity contribution in [3.63, 3.8) is 0 Å². The summed E-state index contributed by atoms with van der Waals surface area (Å²) in [6, 6.07) is 17.4. The molecule has 0 spiro atoms. The molecule has 0 aromatic heterocycles. The van der Waals surface area contributed by atoms with Crippen LogP contribution in [0.15, 0.2) is 67.4 Å². The fourth-order valence-corrected chi connectivity index (χ4v) is 2.79. The van der Waals surface area contributed by atoms with Crippen LogP contribution in [0.4, 0.5) is 0 Å². The van der Waals surface area contributed by atoms with Crippen LogP contribution in [0, 0.1) is 5.92 Å². The van der Waals surface area contributed by atoms with Gasteiger partial charge in [-0.1, -0.05) is 61.2 Å². The Balaban J connectivity index is 1.80. The smallest absolute Gasteiger partial charge is 0.237 e. The molecule has 22 heavy (non-hydrogen) atoms. The first-order valence-corrected chi connectivity index (χ1v) is 7.33. The number of rotatable bonds is 4. The second kappa shape index (κ2) is 5.98. The lowest BCUT2D eigenvalue weighted by Crippen LogP contribution is -2.26. The van der Waals surface area contributed by atoms with Gasteiger partial charge in [-0.15, -0.1) is 0 Å². The minimum atomic E-state index is -0.569. The summed E-state index contributed by atoms with van der Waals surface area (Å²) in [6.07, 6.45) is 2.05. The van der Waals surface area contributed by atoms with E-state index in [-0.39, 0.29) is 11.7 Å². The molecule has 0 aliphatic carbocycles. The molecule has 2 aromatic rings. The van der Waals surface area contributed by atoms with Crippen LogP contribution in [-0.2, 0) is 4.79 Å². The fraction of sp³-hybridized carbons (Fsp3) is 0.158. The lowest BCUT2D eigenvalue weighted by Gasteiger charge is -2.10. The van der Waals surface area contributed by atoms with Gasteiger partial charge in [0.25, 0.3) is 0 Å². The van der Waals surface area contributed by atoms with Crippen molar-refractivity contribution in [1.82, 2.24) is 4.90 Å². The zero-order valence-electron chi connectivity index (χ0n) is 12.2. The van der Waals surface area contributed by atoms with Crippen molar-refractivity contribution in [2.24, 2.45) is 5.92 Å². The van der Waals surface area contributed by atoms with Crippen molar-refractivity contribution in [3.05, 3.63) is 72.9 Å². The first-order chi connectivity index (χ1) is 10.7. The van der Waals surface area contributed by atoms with E-state index in [4.69, 9.17) is 0 Å². The highest BCUT2D eigenvalue weighted by Gasteiger charge is 2.35. The zero-order chi connectivity index (χ0) is 15.5. The molecule has 1 unspecified atom stereocenters. The van der Waals surface area contributed by atoms with Gasteiger partial charge in [0, 0.05) is 12.1 Å². The Kier molecular flexibility index (Phi) is 3.88. The number of Topliss-reactive ketones (excluding diaryl/α,β-unsaturated/α-hetero) is 1. The number of nitrogens with zero attached hydrogens (tertiary/aromatic N) is 1. The minimum Gasteiger partial charge on any atom is -0.319 e. The first kappa shape index (κ1) is 14.3. The summed E-state index contributed by atoms with van der Waals surface area (Å²) in [5, 5.41) is 0. The molecule has 0 N–H and O–H groups in total. The van der Waals surface area contributed by atoms with Gasteiger partial charge in [-0.2, -0.15) is 0 Å². The molecule has 1 amide bonds. The average Bonchev–Trinajstić information content (AvgIpc) is 2.96. The van der Waals surface area contributed by atoms with Crippen LogP contribution in [0.25, 0.3) is 11.1 Å². The third-order valence-electron chi connectivity index (χ3n) is 4.05. The van der Waals surface area contributed by atoms with Gasteiger partial charge in [0.05, 0.1) is 0 Å². The predicted molar refractivity (Wildman–Crippen MR) is 86.2 cm³/mol. The molecule has 2 aromatic carbocycles. The number of ketones is 1. The van der Waals surface area contributed by atoms with Crippen LogP contribution in [0.1, 0.15) is 16.8 Å². The molecular formula is C19H17NO2. The number of amides is 1. The van der Waals surface area contributed by atoms with Gasteiger partial charge in [-0.05, 0) is 23.7 Å². The molecule has 0 radical (unpaired) electrons. The summed E-state index contributed by atoms with van der Waals surface area (Å²) in [7, 11) is 0. The van der Waals surface area contributed by atoms with E-state index in [1.54, 1.807) is 12.1 Å². The Morgan fingerprint density at radius 3 is 2.27 bits per heavy atom. The van der Waals surface area contributed by atoms with Gasteiger partial charge in [0.15, 0.2) is 5.78 Å². The lowest BCUT2D eigenvalue weighted by atomic mass is 9.94. The quantitative estimate of drug-likeness (QED) is 0.638. The van der Waals surface area contributed by atoms with Crippen LogP contribution >= 0.6 is 0 Å². The lowest BCUT2D eigenvalue weighted by molar-refractivity contribution is -0.127. The number of hydrogen-bond acceptors (Lipinski definition) is 2. The Hall–Kier alpha value is -2.68. The molecule has 0 bridgehead atoms. The molecule has 1 heterocycles. The Morgan fingerprint density at radius 2 is 1.68 bits per heavy atom. The monoisotopic (exact) mass is 291 g/mol. The predicted octanol–water partition coefficient (Wildman–Crippen LogP) is 3.53. The number of carbonyl (C=O) groups is 2. The molecule has 1 fully saturated rings. The van der Waals surface area contributed by atoms with E-state index in [9.17, 15) is 9.59 Å².